The largest absolute Gasteiger partial charge is 0.497 e. The van der Waals surface area contributed by atoms with Gasteiger partial charge in [0.1, 0.15) is 17.8 Å². The van der Waals surface area contributed by atoms with E-state index in [4.69, 9.17) is 9.47 Å². The number of aromatic nitrogens is 3. The summed E-state index contributed by atoms with van der Waals surface area (Å²) in [6.45, 7) is 0. The lowest BCUT2D eigenvalue weighted by atomic mass is 9.93. The van der Waals surface area contributed by atoms with Crippen molar-refractivity contribution in [3.63, 3.8) is 0 Å². The topological polar surface area (TPSA) is 61.2 Å². The van der Waals surface area contributed by atoms with Gasteiger partial charge < -0.3 is 14.8 Å². The maximum atomic E-state index is 5.62. The highest BCUT2D eigenvalue weighted by molar-refractivity contribution is 9.10. The van der Waals surface area contributed by atoms with Gasteiger partial charge in [-0.2, -0.15) is 10.1 Å². The van der Waals surface area contributed by atoms with Crippen LogP contribution >= 0.6 is 15.9 Å². The van der Waals surface area contributed by atoms with Crippen molar-refractivity contribution < 1.29 is 9.47 Å². The molecule has 0 amide bonds. The Morgan fingerprint density at radius 2 is 2.04 bits per heavy atom. The summed E-state index contributed by atoms with van der Waals surface area (Å²) in [5, 5.41) is 7.91. The van der Waals surface area contributed by atoms with Gasteiger partial charge in [0.2, 0.25) is 5.95 Å². The highest BCUT2D eigenvalue weighted by Gasteiger charge is 2.31. The number of rotatable bonds is 4. The molecule has 2 aromatic carbocycles. The summed E-state index contributed by atoms with van der Waals surface area (Å²) in [5.41, 5.74) is 2.26. The van der Waals surface area contributed by atoms with E-state index in [0.29, 0.717) is 0 Å². The molecule has 1 aliphatic rings. The summed E-state index contributed by atoms with van der Waals surface area (Å²) < 4.78 is 13.9. The zero-order chi connectivity index (χ0) is 18.1. The number of halogens is 1. The molecule has 3 aromatic rings. The van der Waals surface area contributed by atoms with Gasteiger partial charge in [-0.25, -0.2) is 4.68 Å². The molecule has 0 bridgehead atoms. The highest BCUT2D eigenvalue weighted by Crippen LogP contribution is 2.41. The zero-order valence-electron chi connectivity index (χ0n) is 14.5. The van der Waals surface area contributed by atoms with Gasteiger partial charge in [0.15, 0.2) is 0 Å². The summed E-state index contributed by atoms with van der Waals surface area (Å²) in [6.07, 6.45) is 2.41. The second kappa shape index (κ2) is 6.99. The molecule has 0 spiro atoms. The van der Waals surface area contributed by atoms with Crippen molar-refractivity contribution in [2.24, 2.45) is 0 Å². The summed E-state index contributed by atoms with van der Waals surface area (Å²) >= 11 is 3.56. The molecule has 0 saturated carbocycles. The quantitative estimate of drug-likeness (QED) is 0.692. The predicted molar refractivity (Wildman–Crippen MR) is 103 cm³/mol. The Labute approximate surface area is 160 Å². The van der Waals surface area contributed by atoms with Crippen LogP contribution in [0.4, 0.5) is 5.95 Å². The SMILES string of the molecule is COc1ccc([C@@H]2C[C@@H](c3cccc(Br)c3)Nc3ncnn32)c(OC)c1. The molecule has 0 fully saturated rings. The molecule has 26 heavy (non-hydrogen) atoms. The van der Waals surface area contributed by atoms with E-state index < -0.39 is 0 Å². The van der Waals surface area contributed by atoms with Gasteiger partial charge in [-0.05, 0) is 36.2 Å². The zero-order valence-corrected chi connectivity index (χ0v) is 16.1. The number of fused-ring (bicyclic) bond motifs is 1. The molecule has 0 radical (unpaired) electrons. The molecule has 2 heterocycles. The van der Waals surface area contributed by atoms with E-state index >= 15 is 0 Å². The lowest BCUT2D eigenvalue weighted by Gasteiger charge is -2.32. The van der Waals surface area contributed by atoms with Crippen LogP contribution < -0.4 is 14.8 Å². The van der Waals surface area contributed by atoms with E-state index in [2.05, 4.69) is 43.5 Å². The van der Waals surface area contributed by atoms with Crippen molar-refractivity contribution in [2.75, 3.05) is 19.5 Å². The van der Waals surface area contributed by atoms with Gasteiger partial charge in [-0.15, -0.1) is 0 Å². The standard InChI is InChI=1S/C19H19BrN4O2/c1-25-14-6-7-15(18(9-14)26-2)17-10-16(12-4-3-5-13(20)8-12)23-19-21-11-22-24(17)19/h3-9,11,16-17H,10H2,1-2H3,(H,21,22,23)/t16-,17-/m0/s1. The van der Waals surface area contributed by atoms with Gasteiger partial charge in [0.25, 0.3) is 0 Å². The molecule has 4 rings (SSSR count). The molecule has 6 nitrogen and oxygen atoms in total. The van der Waals surface area contributed by atoms with Gasteiger partial charge in [-0.1, -0.05) is 28.1 Å². The van der Waals surface area contributed by atoms with E-state index in [0.717, 1.165) is 33.9 Å². The summed E-state index contributed by atoms with van der Waals surface area (Å²) in [6, 6.07) is 14.4. The van der Waals surface area contributed by atoms with E-state index in [-0.39, 0.29) is 12.1 Å². The minimum atomic E-state index is 0.0126. The molecule has 1 N–H and O–H groups in total. The molecule has 1 aliphatic heterocycles. The number of nitrogens with zero attached hydrogens (tertiary/aromatic N) is 3. The molecule has 0 unspecified atom stereocenters. The Morgan fingerprint density at radius 3 is 2.81 bits per heavy atom. The number of hydrogen-bond donors (Lipinski definition) is 1. The van der Waals surface area contributed by atoms with Crippen LogP contribution in [-0.2, 0) is 0 Å². The lowest BCUT2D eigenvalue weighted by molar-refractivity contribution is 0.371. The normalized spacial score (nSPS) is 18.7. The third kappa shape index (κ3) is 3.03. The van der Waals surface area contributed by atoms with Crippen LogP contribution in [0.2, 0.25) is 0 Å². The Kier molecular flexibility index (Phi) is 4.55. The van der Waals surface area contributed by atoms with Crippen LogP contribution in [0.3, 0.4) is 0 Å². The van der Waals surface area contributed by atoms with Crippen LogP contribution in [0.1, 0.15) is 29.6 Å². The Morgan fingerprint density at radius 1 is 1.15 bits per heavy atom. The van der Waals surface area contributed by atoms with Crippen molar-refractivity contribution in [1.29, 1.82) is 0 Å². The second-order valence-corrected chi connectivity index (χ2v) is 7.06. The van der Waals surface area contributed by atoms with E-state index in [9.17, 15) is 0 Å². The highest BCUT2D eigenvalue weighted by atomic mass is 79.9. The van der Waals surface area contributed by atoms with Crippen molar-refractivity contribution in [2.45, 2.75) is 18.5 Å². The first kappa shape index (κ1) is 16.9. The molecular formula is C19H19BrN4O2. The molecule has 7 heteroatoms. The molecule has 1 aromatic heterocycles. The van der Waals surface area contributed by atoms with Crippen molar-refractivity contribution in [1.82, 2.24) is 14.8 Å². The number of ether oxygens (including phenoxy) is 2. The van der Waals surface area contributed by atoms with Gasteiger partial charge in [0, 0.05) is 16.1 Å². The van der Waals surface area contributed by atoms with E-state index in [1.54, 1.807) is 20.5 Å². The first-order chi connectivity index (χ1) is 12.7. The van der Waals surface area contributed by atoms with Crippen LogP contribution in [-0.4, -0.2) is 29.0 Å². The van der Waals surface area contributed by atoms with Crippen LogP contribution in [0.15, 0.2) is 53.3 Å². The number of nitrogens with one attached hydrogen (secondary N) is 1. The van der Waals surface area contributed by atoms with Crippen molar-refractivity contribution >= 4 is 21.9 Å². The van der Waals surface area contributed by atoms with Gasteiger partial charge in [-0.3, -0.25) is 0 Å². The van der Waals surface area contributed by atoms with E-state index in [1.807, 2.05) is 35.0 Å². The smallest absolute Gasteiger partial charge is 0.222 e. The number of hydrogen-bond acceptors (Lipinski definition) is 5. The fourth-order valence-corrected chi connectivity index (χ4v) is 3.83. The summed E-state index contributed by atoms with van der Waals surface area (Å²) in [5.74, 6) is 2.30. The average molecular weight is 415 g/mol. The Hall–Kier alpha value is -2.54. The fourth-order valence-electron chi connectivity index (χ4n) is 3.41. The monoisotopic (exact) mass is 414 g/mol. The van der Waals surface area contributed by atoms with Gasteiger partial charge >= 0.3 is 0 Å². The van der Waals surface area contributed by atoms with Crippen molar-refractivity contribution in [3.8, 4) is 11.5 Å². The third-order valence-corrected chi connectivity index (χ3v) is 5.17. The van der Waals surface area contributed by atoms with Gasteiger partial charge in [0.05, 0.1) is 26.3 Å². The average Bonchev–Trinajstić information content (AvgIpc) is 3.15. The minimum absolute atomic E-state index is 0.0126. The fraction of sp³-hybridized carbons (Fsp3) is 0.263. The third-order valence-electron chi connectivity index (χ3n) is 4.68. The maximum Gasteiger partial charge on any atom is 0.222 e. The number of methoxy groups -OCH3 is 2. The van der Waals surface area contributed by atoms with Crippen molar-refractivity contribution in [3.05, 3.63) is 64.4 Å². The lowest BCUT2D eigenvalue weighted by Crippen LogP contribution is -2.28. The molecular weight excluding hydrogens is 396 g/mol. The Bertz CT molecular complexity index is 927. The summed E-state index contributed by atoms with van der Waals surface area (Å²) in [7, 11) is 3.32. The van der Waals surface area contributed by atoms with Crippen LogP contribution in [0.5, 0.6) is 11.5 Å². The summed E-state index contributed by atoms with van der Waals surface area (Å²) in [4.78, 5) is 4.38. The molecule has 134 valence electrons. The maximum absolute atomic E-state index is 5.62. The number of anilines is 1. The molecule has 0 aliphatic carbocycles. The Balaban J connectivity index is 1.76. The van der Waals surface area contributed by atoms with Crippen LogP contribution in [0, 0.1) is 0 Å². The second-order valence-electron chi connectivity index (χ2n) is 6.14. The minimum Gasteiger partial charge on any atom is -0.497 e. The molecule has 0 saturated heterocycles. The first-order valence-corrected chi connectivity index (χ1v) is 9.12. The van der Waals surface area contributed by atoms with E-state index in [1.165, 1.54) is 5.56 Å². The molecule has 2 atom stereocenters. The first-order valence-electron chi connectivity index (χ1n) is 8.33. The predicted octanol–water partition coefficient (Wildman–Crippen LogP) is 4.20. The number of benzene rings is 2. The van der Waals surface area contributed by atoms with Crippen LogP contribution in [0.25, 0.3) is 0 Å².